The summed E-state index contributed by atoms with van der Waals surface area (Å²) in [5.41, 5.74) is 6.98. The maximum absolute atomic E-state index is 6.01. The molecule has 0 fully saturated rings. The second-order valence-electron chi connectivity index (χ2n) is 4.59. The minimum absolute atomic E-state index is 0.151. The van der Waals surface area contributed by atoms with Gasteiger partial charge in [-0.3, -0.25) is 4.90 Å². The van der Waals surface area contributed by atoms with Crippen molar-refractivity contribution in [2.45, 2.75) is 12.0 Å². The Morgan fingerprint density at radius 2 is 2.24 bits per heavy atom. The monoisotopic (exact) mass is 236 g/mol. The van der Waals surface area contributed by atoms with Gasteiger partial charge in [-0.2, -0.15) is 0 Å². The Balaban J connectivity index is 2.54. The van der Waals surface area contributed by atoms with Crippen LogP contribution >= 0.6 is 0 Å². The minimum Gasteiger partial charge on any atom is -0.497 e. The number of ether oxygens (including phenoxy) is 2. The van der Waals surface area contributed by atoms with Crippen LogP contribution in [0.25, 0.3) is 0 Å². The van der Waals surface area contributed by atoms with Crippen molar-refractivity contribution in [3.8, 4) is 11.5 Å². The molecule has 1 aromatic carbocycles. The standard InChI is InChI=1S/C13H20N2O2/c1-15(2)13(9-14)6-7-17-12-5-4-10(16-3)8-11(12)13/h4-5,8H,6-7,9,14H2,1-3H3. The molecule has 17 heavy (non-hydrogen) atoms. The van der Waals surface area contributed by atoms with Crippen LogP contribution in [0.5, 0.6) is 11.5 Å². The van der Waals surface area contributed by atoms with Crippen LogP contribution in [0.4, 0.5) is 0 Å². The minimum atomic E-state index is -0.151. The van der Waals surface area contributed by atoms with Crippen LogP contribution in [0.3, 0.4) is 0 Å². The van der Waals surface area contributed by atoms with Crippen LogP contribution in [0, 0.1) is 0 Å². The number of likely N-dealkylation sites (N-methyl/N-ethyl adjacent to an activating group) is 1. The molecule has 1 unspecified atom stereocenters. The van der Waals surface area contributed by atoms with Gasteiger partial charge in [-0.05, 0) is 32.3 Å². The summed E-state index contributed by atoms with van der Waals surface area (Å²) in [4.78, 5) is 2.17. The summed E-state index contributed by atoms with van der Waals surface area (Å²) in [6.45, 7) is 1.28. The molecule has 0 amide bonds. The molecule has 0 saturated heterocycles. The third-order valence-corrected chi connectivity index (χ3v) is 3.66. The number of hydrogen-bond donors (Lipinski definition) is 1. The molecule has 0 bridgehead atoms. The lowest BCUT2D eigenvalue weighted by molar-refractivity contribution is 0.0934. The molecule has 94 valence electrons. The van der Waals surface area contributed by atoms with Crippen molar-refractivity contribution in [2.75, 3.05) is 34.4 Å². The molecule has 1 atom stereocenters. The van der Waals surface area contributed by atoms with Gasteiger partial charge >= 0.3 is 0 Å². The summed E-state index contributed by atoms with van der Waals surface area (Å²) < 4.78 is 11.0. The van der Waals surface area contributed by atoms with E-state index in [4.69, 9.17) is 15.2 Å². The van der Waals surface area contributed by atoms with Crippen molar-refractivity contribution in [3.63, 3.8) is 0 Å². The fourth-order valence-corrected chi connectivity index (χ4v) is 2.45. The van der Waals surface area contributed by atoms with Crippen molar-refractivity contribution in [3.05, 3.63) is 23.8 Å². The fraction of sp³-hybridized carbons (Fsp3) is 0.538. The van der Waals surface area contributed by atoms with Crippen LogP contribution in [0.1, 0.15) is 12.0 Å². The Kier molecular flexibility index (Phi) is 3.26. The van der Waals surface area contributed by atoms with Gasteiger partial charge in [0.05, 0.1) is 19.3 Å². The predicted octanol–water partition coefficient (Wildman–Crippen LogP) is 1.19. The van der Waals surface area contributed by atoms with E-state index in [9.17, 15) is 0 Å². The Bertz CT molecular complexity index is 406. The second kappa shape index (κ2) is 4.55. The number of hydrogen-bond acceptors (Lipinski definition) is 4. The van der Waals surface area contributed by atoms with Crippen LogP contribution in [-0.4, -0.2) is 39.3 Å². The average molecular weight is 236 g/mol. The van der Waals surface area contributed by atoms with E-state index < -0.39 is 0 Å². The molecule has 0 spiro atoms. The average Bonchev–Trinajstić information content (AvgIpc) is 2.37. The Morgan fingerprint density at radius 1 is 1.47 bits per heavy atom. The van der Waals surface area contributed by atoms with Crippen LogP contribution < -0.4 is 15.2 Å². The molecular formula is C13H20N2O2. The first-order valence-electron chi connectivity index (χ1n) is 5.83. The highest BCUT2D eigenvalue weighted by Crippen LogP contribution is 2.41. The SMILES string of the molecule is COc1ccc2c(c1)C(CN)(N(C)C)CCO2. The van der Waals surface area contributed by atoms with Gasteiger partial charge in [-0.15, -0.1) is 0 Å². The number of rotatable bonds is 3. The van der Waals surface area contributed by atoms with Crippen molar-refractivity contribution in [1.29, 1.82) is 0 Å². The first-order valence-corrected chi connectivity index (χ1v) is 5.83. The molecule has 2 N–H and O–H groups in total. The molecule has 4 nitrogen and oxygen atoms in total. The van der Waals surface area contributed by atoms with E-state index >= 15 is 0 Å². The lowest BCUT2D eigenvalue weighted by Crippen LogP contribution is -2.50. The molecule has 1 heterocycles. The summed E-state index contributed by atoms with van der Waals surface area (Å²) in [6.07, 6.45) is 0.899. The zero-order valence-corrected chi connectivity index (χ0v) is 10.7. The zero-order chi connectivity index (χ0) is 12.5. The molecule has 1 aliphatic rings. The number of fused-ring (bicyclic) bond motifs is 1. The summed E-state index contributed by atoms with van der Waals surface area (Å²) >= 11 is 0. The van der Waals surface area contributed by atoms with Gasteiger partial charge in [0.2, 0.25) is 0 Å². The predicted molar refractivity (Wildman–Crippen MR) is 67.5 cm³/mol. The molecule has 0 radical (unpaired) electrons. The van der Waals surface area contributed by atoms with Gasteiger partial charge in [-0.1, -0.05) is 0 Å². The van der Waals surface area contributed by atoms with Gasteiger partial charge in [0.15, 0.2) is 0 Å². The molecule has 2 rings (SSSR count). The zero-order valence-electron chi connectivity index (χ0n) is 10.7. The number of nitrogens with zero attached hydrogens (tertiary/aromatic N) is 1. The van der Waals surface area contributed by atoms with Gasteiger partial charge in [-0.25, -0.2) is 0 Å². The largest absolute Gasteiger partial charge is 0.497 e. The van der Waals surface area contributed by atoms with E-state index in [1.165, 1.54) is 0 Å². The van der Waals surface area contributed by atoms with Crippen LogP contribution in [0.2, 0.25) is 0 Å². The molecule has 1 aromatic rings. The molecular weight excluding hydrogens is 216 g/mol. The molecule has 0 aromatic heterocycles. The smallest absolute Gasteiger partial charge is 0.124 e. The maximum Gasteiger partial charge on any atom is 0.124 e. The number of benzene rings is 1. The molecule has 0 saturated carbocycles. The fourth-order valence-electron chi connectivity index (χ4n) is 2.45. The highest BCUT2D eigenvalue weighted by molar-refractivity contribution is 5.46. The van der Waals surface area contributed by atoms with E-state index in [0.29, 0.717) is 13.2 Å². The second-order valence-corrected chi connectivity index (χ2v) is 4.59. The van der Waals surface area contributed by atoms with E-state index in [2.05, 4.69) is 19.0 Å². The van der Waals surface area contributed by atoms with Crippen molar-refractivity contribution >= 4 is 0 Å². The molecule has 1 aliphatic heterocycles. The van der Waals surface area contributed by atoms with Gasteiger partial charge < -0.3 is 15.2 Å². The van der Waals surface area contributed by atoms with E-state index in [-0.39, 0.29) is 5.54 Å². The molecule has 0 aliphatic carbocycles. The topological polar surface area (TPSA) is 47.7 Å². The van der Waals surface area contributed by atoms with Crippen molar-refractivity contribution in [1.82, 2.24) is 4.90 Å². The summed E-state index contributed by atoms with van der Waals surface area (Å²) in [5, 5.41) is 0. The van der Waals surface area contributed by atoms with Gasteiger partial charge in [0.25, 0.3) is 0 Å². The number of methoxy groups -OCH3 is 1. The summed E-state index contributed by atoms with van der Waals surface area (Å²) in [6, 6.07) is 5.91. The van der Waals surface area contributed by atoms with Crippen molar-refractivity contribution < 1.29 is 9.47 Å². The highest BCUT2D eigenvalue weighted by atomic mass is 16.5. The van der Waals surface area contributed by atoms with Crippen molar-refractivity contribution in [2.24, 2.45) is 5.73 Å². The lowest BCUT2D eigenvalue weighted by atomic mass is 9.83. The number of nitrogens with two attached hydrogens (primary N) is 1. The Labute approximate surface area is 102 Å². The normalized spacial score (nSPS) is 23.1. The first-order chi connectivity index (χ1) is 8.14. The Hall–Kier alpha value is -1.26. The first kappa shape index (κ1) is 12.2. The summed E-state index contributed by atoms with van der Waals surface area (Å²) in [5.74, 6) is 1.75. The van der Waals surface area contributed by atoms with Gasteiger partial charge in [0, 0.05) is 18.5 Å². The quantitative estimate of drug-likeness (QED) is 0.856. The maximum atomic E-state index is 6.01. The highest BCUT2D eigenvalue weighted by Gasteiger charge is 2.38. The lowest BCUT2D eigenvalue weighted by Gasteiger charge is -2.43. The van der Waals surface area contributed by atoms with E-state index in [1.54, 1.807) is 7.11 Å². The third kappa shape index (κ3) is 1.87. The Morgan fingerprint density at radius 3 is 2.82 bits per heavy atom. The third-order valence-electron chi connectivity index (χ3n) is 3.66. The van der Waals surface area contributed by atoms with Crippen LogP contribution in [-0.2, 0) is 5.54 Å². The summed E-state index contributed by atoms with van der Waals surface area (Å²) in [7, 11) is 5.79. The van der Waals surface area contributed by atoms with Gasteiger partial charge in [0.1, 0.15) is 11.5 Å². The molecule has 4 heteroatoms. The van der Waals surface area contributed by atoms with Crippen LogP contribution in [0.15, 0.2) is 18.2 Å². The van der Waals surface area contributed by atoms with E-state index in [1.807, 2.05) is 18.2 Å². The van der Waals surface area contributed by atoms with E-state index in [0.717, 1.165) is 23.5 Å².